The number of anilines is 1. The van der Waals surface area contributed by atoms with Crippen LogP contribution in [0.3, 0.4) is 0 Å². The molecule has 1 heterocycles. The van der Waals surface area contributed by atoms with Gasteiger partial charge in [0.15, 0.2) is 5.82 Å². The standard InChI is InChI=1S/C12H8BrN3O2S/c13-10-5-3-7-15-12(10)16-19(17,18)11-6-2-1-4-9(11)8-14/h1-7H,(H,15,16). The second kappa shape index (κ2) is 5.38. The number of sulfonamides is 1. The fourth-order valence-corrected chi connectivity index (χ4v) is 3.11. The highest BCUT2D eigenvalue weighted by atomic mass is 79.9. The van der Waals surface area contributed by atoms with E-state index in [4.69, 9.17) is 5.26 Å². The molecule has 0 aliphatic rings. The van der Waals surface area contributed by atoms with Crippen molar-refractivity contribution in [2.45, 2.75) is 4.90 Å². The Hall–Kier alpha value is -1.91. The molecule has 7 heteroatoms. The first-order chi connectivity index (χ1) is 9.04. The summed E-state index contributed by atoms with van der Waals surface area (Å²) >= 11 is 3.20. The zero-order valence-electron chi connectivity index (χ0n) is 9.54. The number of hydrogen-bond acceptors (Lipinski definition) is 4. The normalized spacial score (nSPS) is 10.7. The van der Waals surface area contributed by atoms with Gasteiger partial charge >= 0.3 is 0 Å². The van der Waals surface area contributed by atoms with Crippen molar-refractivity contribution in [1.82, 2.24) is 4.98 Å². The number of nitrogens with one attached hydrogen (secondary N) is 1. The maximum atomic E-state index is 12.2. The highest BCUT2D eigenvalue weighted by Crippen LogP contribution is 2.23. The minimum atomic E-state index is -3.84. The number of halogens is 1. The summed E-state index contributed by atoms with van der Waals surface area (Å²) < 4.78 is 27.3. The third-order valence-electron chi connectivity index (χ3n) is 2.29. The topological polar surface area (TPSA) is 82.8 Å². The summed E-state index contributed by atoms with van der Waals surface area (Å²) in [5, 5.41) is 8.94. The molecule has 2 aromatic rings. The number of benzene rings is 1. The third kappa shape index (κ3) is 2.92. The second-order valence-electron chi connectivity index (χ2n) is 3.55. The molecule has 1 N–H and O–H groups in total. The van der Waals surface area contributed by atoms with Crippen LogP contribution in [0.1, 0.15) is 5.56 Å². The van der Waals surface area contributed by atoms with E-state index >= 15 is 0 Å². The molecular formula is C12H8BrN3O2S. The van der Waals surface area contributed by atoms with E-state index in [1.165, 1.54) is 18.3 Å². The molecule has 0 atom stereocenters. The van der Waals surface area contributed by atoms with E-state index in [2.05, 4.69) is 25.6 Å². The van der Waals surface area contributed by atoms with E-state index in [1.807, 2.05) is 6.07 Å². The zero-order chi connectivity index (χ0) is 13.9. The fraction of sp³-hybridized carbons (Fsp3) is 0. The number of nitriles is 1. The van der Waals surface area contributed by atoms with E-state index in [-0.39, 0.29) is 16.3 Å². The van der Waals surface area contributed by atoms with E-state index in [9.17, 15) is 8.42 Å². The van der Waals surface area contributed by atoms with Crippen LogP contribution in [0.15, 0.2) is 52.0 Å². The van der Waals surface area contributed by atoms with Gasteiger partial charge in [-0.05, 0) is 40.2 Å². The summed E-state index contributed by atoms with van der Waals surface area (Å²) in [4.78, 5) is 3.85. The molecule has 19 heavy (non-hydrogen) atoms. The summed E-state index contributed by atoms with van der Waals surface area (Å²) in [7, 11) is -3.84. The van der Waals surface area contributed by atoms with Crippen molar-refractivity contribution in [3.63, 3.8) is 0 Å². The Balaban J connectivity index is 2.45. The molecule has 0 bridgehead atoms. The van der Waals surface area contributed by atoms with E-state index in [0.29, 0.717) is 4.47 Å². The number of rotatable bonds is 3. The molecule has 2 rings (SSSR count). The molecular weight excluding hydrogens is 330 g/mol. The van der Waals surface area contributed by atoms with Crippen molar-refractivity contribution in [2.24, 2.45) is 0 Å². The van der Waals surface area contributed by atoms with Crippen LogP contribution < -0.4 is 4.72 Å². The van der Waals surface area contributed by atoms with Gasteiger partial charge in [-0.25, -0.2) is 13.4 Å². The Morgan fingerprint density at radius 3 is 2.63 bits per heavy atom. The Labute approximate surface area is 119 Å². The lowest BCUT2D eigenvalue weighted by Crippen LogP contribution is -2.15. The monoisotopic (exact) mass is 337 g/mol. The molecule has 0 unspecified atom stereocenters. The molecule has 0 radical (unpaired) electrons. The minimum absolute atomic E-state index is 0.0740. The van der Waals surface area contributed by atoms with Crippen LogP contribution in [0.4, 0.5) is 5.82 Å². The van der Waals surface area contributed by atoms with Crippen LogP contribution in [-0.4, -0.2) is 13.4 Å². The molecule has 0 aliphatic carbocycles. The molecule has 0 saturated heterocycles. The number of nitrogens with zero attached hydrogens (tertiary/aromatic N) is 2. The lowest BCUT2D eigenvalue weighted by Gasteiger charge is -2.09. The molecule has 0 saturated carbocycles. The summed E-state index contributed by atoms with van der Waals surface area (Å²) in [6.07, 6.45) is 1.47. The Morgan fingerprint density at radius 2 is 1.95 bits per heavy atom. The molecule has 1 aromatic carbocycles. The Morgan fingerprint density at radius 1 is 1.21 bits per heavy atom. The number of hydrogen-bond donors (Lipinski definition) is 1. The van der Waals surface area contributed by atoms with Crippen molar-refractivity contribution in [2.75, 3.05) is 4.72 Å². The molecule has 96 valence electrons. The first kappa shape index (κ1) is 13.5. The van der Waals surface area contributed by atoms with Crippen molar-refractivity contribution in [1.29, 1.82) is 5.26 Å². The van der Waals surface area contributed by atoms with Crippen molar-refractivity contribution < 1.29 is 8.42 Å². The lowest BCUT2D eigenvalue weighted by atomic mass is 10.2. The van der Waals surface area contributed by atoms with Gasteiger partial charge in [0.05, 0.1) is 10.0 Å². The molecule has 0 amide bonds. The highest BCUT2D eigenvalue weighted by Gasteiger charge is 2.19. The van der Waals surface area contributed by atoms with Crippen LogP contribution in [0.5, 0.6) is 0 Å². The highest BCUT2D eigenvalue weighted by molar-refractivity contribution is 9.10. The van der Waals surface area contributed by atoms with Gasteiger partial charge in [0.2, 0.25) is 0 Å². The van der Waals surface area contributed by atoms with Gasteiger partial charge in [-0.3, -0.25) is 4.72 Å². The molecule has 0 spiro atoms. The van der Waals surface area contributed by atoms with Crippen molar-refractivity contribution >= 4 is 31.8 Å². The molecule has 0 fully saturated rings. The van der Waals surface area contributed by atoms with E-state index < -0.39 is 10.0 Å². The summed E-state index contributed by atoms with van der Waals surface area (Å²) in [5.41, 5.74) is 0.0852. The smallest absolute Gasteiger partial charge is 0.262 e. The maximum absolute atomic E-state index is 12.2. The van der Waals surface area contributed by atoms with Crippen LogP contribution >= 0.6 is 15.9 Å². The van der Waals surface area contributed by atoms with Gasteiger partial charge in [0.25, 0.3) is 10.0 Å². The first-order valence-electron chi connectivity index (χ1n) is 5.17. The predicted molar refractivity (Wildman–Crippen MR) is 73.9 cm³/mol. The lowest BCUT2D eigenvalue weighted by molar-refractivity contribution is 0.600. The van der Waals surface area contributed by atoms with Crippen LogP contribution in [-0.2, 0) is 10.0 Å². The zero-order valence-corrected chi connectivity index (χ0v) is 11.9. The fourth-order valence-electron chi connectivity index (χ4n) is 1.44. The molecule has 1 aromatic heterocycles. The summed E-state index contributed by atoms with van der Waals surface area (Å²) in [6.45, 7) is 0. The minimum Gasteiger partial charge on any atom is -0.262 e. The van der Waals surface area contributed by atoms with Crippen LogP contribution in [0, 0.1) is 11.3 Å². The number of aromatic nitrogens is 1. The van der Waals surface area contributed by atoms with Crippen molar-refractivity contribution in [3.05, 3.63) is 52.6 Å². The quantitative estimate of drug-likeness (QED) is 0.932. The second-order valence-corrected chi connectivity index (χ2v) is 6.05. The SMILES string of the molecule is N#Cc1ccccc1S(=O)(=O)Nc1ncccc1Br. The average Bonchev–Trinajstić information content (AvgIpc) is 2.41. The van der Waals surface area contributed by atoms with E-state index in [0.717, 1.165) is 0 Å². The van der Waals surface area contributed by atoms with Gasteiger partial charge in [0.1, 0.15) is 11.0 Å². The Bertz CT molecular complexity index is 754. The summed E-state index contributed by atoms with van der Waals surface area (Å²) in [6, 6.07) is 11.2. The van der Waals surface area contributed by atoms with Gasteiger partial charge in [-0.15, -0.1) is 0 Å². The largest absolute Gasteiger partial charge is 0.264 e. The van der Waals surface area contributed by atoms with Crippen LogP contribution in [0.25, 0.3) is 0 Å². The molecule has 0 aliphatic heterocycles. The Kier molecular flexibility index (Phi) is 3.83. The number of pyridine rings is 1. The third-order valence-corrected chi connectivity index (χ3v) is 4.32. The van der Waals surface area contributed by atoms with Gasteiger partial charge < -0.3 is 0 Å². The maximum Gasteiger partial charge on any atom is 0.264 e. The average molecular weight is 338 g/mol. The summed E-state index contributed by atoms with van der Waals surface area (Å²) in [5.74, 6) is 0.176. The predicted octanol–water partition coefficient (Wildman–Crippen LogP) is 2.52. The first-order valence-corrected chi connectivity index (χ1v) is 7.44. The van der Waals surface area contributed by atoms with Crippen molar-refractivity contribution in [3.8, 4) is 6.07 Å². The van der Waals surface area contributed by atoms with Gasteiger partial charge in [-0.2, -0.15) is 5.26 Å². The van der Waals surface area contributed by atoms with E-state index in [1.54, 1.807) is 24.3 Å². The van der Waals surface area contributed by atoms with Gasteiger partial charge in [-0.1, -0.05) is 12.1 Å². The molecule has 5 nitrogen and oxygen atoms in total. The van der Waals surface area contributed by atoms with Gasteiger partial charge in [0, 0.05) is 6.20 Å². The van der Waals surface area contributed by atoms with Crippen LogP contribution in [0.2, 0.25) is 0 Å².